The second kappa shape index (κ2) is 15.0. The molecule has 348 valence electrons. The van der Waals surface area contributed by atoms with Crippen molar-refractivity contribution in [1.82, 2.24) is 0 Å². The van der Waals surface area contributed by atoms with Crippen molar-refractivity contribution in [3.05, 3.63) is 244 Å². The van der Waals surface area contributed by atoms with Gasteiger partial charge in [0.2, 0.25) is 0 Å². The highest BCUT2D eigenvalue weighted by atomic mass is 32.1. The van der Waals surface area contributed by atoms with Crippen LogP contribution in [0.3, 0.4) is 0 Å². The third-order valence-electron chi connectivity index (χ3n) is 16.8. The van der Waals surface area contributed by atoms with Gasteiger partial charge in [-0.3, -0.25) is 0 Å². The maximum Gasteiger partial charge on any atom is 0.0714 e. The fraction of sp³-hybridized carbons (Fsp3) is 0.217. The van der Waals surface area contributed by atoms with Gasteiger partial charge < -0.3 is 4.90 Å². The molecule has 0 N–H and O–H groups in total. The third kappa shape index (κ3) is 6.16. The Hall–Kier alpha value is -7.00. The van der Waals surface area contributed by atoms with Crippen LogP contribution in [0.5, 0.6) is 0 Å². The summed E-state index contributed by atoms with van der Waals surface area (Å²) >= 11 is 1.98. The fourth-order valence-corrected chi connectivity index (χ4v) is 14.6. The maximum atomic E-state index is 2.60. The Morgan fingerprint density at radius 1 is 0.394 bits per heavy atom. The molecule has 10 aromatic rings. The van der Waals surface area contributed by atoms with Crippen LogP contribution in [-0.2, 0) is 27.1 Å². The summed E-state index contributed by atoms with van der Waals surface area (Å²) in [7, 11) is 0. The van der Waals surface area contributed by atoms with E-state index in [9.17, 15) is 0 Å². The van der Waals surface area contributed by atoms with Gasteiger partial charge in [0.1, 0.15) is 0 Å². The normalized spacial score (nSPS) is 15.5. The molecule has 0 saturated carbocycles. The predicted octanol–water partition coefficient (Wildman–Crippen LogP) is 19.1. The number of hydrogen-bond donors (Lipinski definition) is 0. The molecule has 0 bridgehead atoms. The smallest absolute Gasteiger partial charge is 0.0714 e. The van der Waals surface area contributed by atoms with E-state index in [1.165, 1.54) is 115 Å². The van der Waals surface area contributed by atoms with Gasteiger partial charge in [0.15, 0.2) is 0 Å². The lowest BCUT2D eigenvalue weighted by molar-refractivity contribution is 0.573. The first-order chi connectivity index (χ1) is 34.0. The molecule has 0 spiro atoms. The molecule has 0 saturated heterocycles. The molecule has 0 amide bonds. The zero-order chi connectivity index (χ0) is 49.0. The Labute approximate surface area is 424 Å². The second-order valence-electron chi connectivity index (χ2n) is 23.7. The highest BCUT2D eigenvalue weighted by Crippen LogP contribution is 2.60. The molecule has 2 heteroatoms. The van der Waals surface area contributed by atoms with Gasteiger partial charge in [0, 0.05) is 47.9 Å². The molecule has 3 aliphatic rings. The number of anilines is 3. The van der Waals surface area contributed by atoms with Crippen molar-refractivity contribution >= 4 is 48.6 Å². The van der Waals surface area contributed by atoms with E-state index >= 15 is 0 Å². The topological polar surface area (TPSA) is 3.24 Å². The highest BCUT2D eigenvalue weighted by molar-refractivity contribution is 7.26. The number of nitrogens with zero attached hydrogens (tertiary/aromatic N) is 1. The summed E-state index contributed by atoms with van der Waals surface area (Å²) in [6, 6.07) is 72.4. The average Bonchev–Trinajstić information content (AvgIpc) is 4.02. The summed E-state index contributed by atoms with van der Waals surface area (Å²) < 4.78 is 2.78. The maximum absolute atomic E-state index is 2.60. The van der Waals surface area contributed by atoms with Gasteiger partial charge in [-0.05, 0) is 143 Å². The lowest BCUT2D eigenvalue weighted by atomic mass is 9.67. The molecule has 0 radical (unpaired) electrons. The average molecular weight is 936 g/mol. The molecule has 71 heavy (non-hydrogen) atoms. The number of rotatable bonds is 5. The SMILES string of the molecule is CC(C)(C)c1cc(C(C)(C)C)c2sc3cc4c(cc3c2c1)-c1c(N(c2cccc(C3(c5ccccc5)c5ccccc5-c5ccccc53)c2)c2ccc3c(c2)C(C)(C)c2ccccc2-3)cccc1C4(C)C. The summed E-state index contributed by atoms with van der Waals surface area (Å²) in [4.78, 5) is 2.60. The Kier molecular flexibility index (Phi) is 9.30. The molecule has 1 nitrogen and oxygen atoms in total. The molecule has 0 aliphatic heterocycles. The number of hydrogen-bond acceptors (Lipinski definition) is 2. The van der Waals surface area contributed by atoms with Gasteiger partial charge in [0.05, 0.1) is 11.1 Å². The molecule has 0 unspecified atom stereocenters. The molecule has 1 heterocycles. The molecule has 3 aliphatic carbocycles. The lowest BCUT2D eigenvalue weighted by Gasteiger charge is -2.35. The first-order valence-electron chi connectivity index (χ1n) is 25.6. The number of benzene rings is 9. The van der Waals surface area contributed by atoms with Crippen molar-refractivity contribution in [3.8, 4) is 33.4 Å². The van der Waals surface area contributed by atoms with Crippen LogP contribution < -0.4 is 4.90 Å². The van der Waals surface area contributed by atoms with Gasteiger partial charge in [-0.2, -0.15) is 0 Å². The molecule has 0 fully saturated rings. The van der Waals surface area contributed by atoms with Crippen molar-refractivity contribution in [2.24, 2.45) is 0 Å². The minimum absolute atomic E-state index is 0.00470. The molecule has 9 aromatic carbocycles. The largest absolute Gasteiger partial charge is 0.310 e. The molecule has 1 aromatic heterocycles. The molecular formula is C69H61NS. The van der Waals surface area contributed by atoms with Gasteiger partial charge in [-0.15, -0.1) is 11.3 Å². The van der Waals surface area contributed by atoms with Crippen LogP contribution in [0, 0.1) is 0 Å². The fourth-order valence-electron chi connectivity index (χ4n) is 13.2. The summed E-state index contributed by atoms with van der Waals surface area (Å²) in [5, 5.41) is 2.73. The number of thiophene rings is 1. The Morgan fingerprint density at radius 2 is 0.944 bits per heavy atom. The first kappa shape index (κ1) is 44.0. The zero-order valence-corrected chi connectivity index (χ0v) is 43.6. The van der Waals surface area contributed by atoms with E-state index in [0.717, 1.165) is 11.4 Å². The van der Waals surface area contributed by atoms with E-state index in [2.05, 4.69) is 262 Å². The van der Waals surface area contributed by atoms with E-state index in [1.807, 2.05) is 11.3 Å². The van der Waals surface area contributed by atoms with E-state index in [-0.39, 0.29) is 21.7 Å². The van der Waals surface area contributed by atoms with E-state index in [1.54, 1.807) is 0 Å². The van der Waals surface area contributed by atoms with Crippen LogP contribution in [0.1, 0.15) is 125 Å². The van der Waals surface area contributed by atoms with Crippen LogP contribution in [0.4, 0.5) is 17.1 Å². The monoisotopic (exact) mass is 935 g/mol. The minimum Gasteiger partial charge on any atom is -0.310 e. The number of fused-ring (bicyclic) bond motifs is 12. The van der Waals surface area contributed by atoms with Crippen molar-refractivity contribution in [1.29, 1.82) is 0 Å². The van der Waals surface area contributed by atoms with Crippen LogP contribution in [0.15, 0.2) is 188 Å². The second-order valence-corrected chi connectivity index (χ2v) is 24.8. The van der Waals surface area contributed by atoms with E-state index in [4.69, 9.17) is 0 Å². The Balaban J connectivity index is 1.09. The van der Waals surface area contributed by atoms with Crippen LogP contribution in [0.25, 0.3) is 53.6 Å². The van der Waals surface area contributed by atoms with Crippen molar-refractivity contribution in [3.63, 3.8) is 0 Å². The van der Waals surface area contributed by atoms with Crippen molar-refractivity contribution < 1.29 is 0 Å². The Bertz CT molecular complexity index is 3800. The van der Waals surface area contributed by atoms with E-state index < -0.39 is 5.41 Å². The van der Waals surface area contributed by atoms with Crippen LogP contribution in [0.2, 0.25) is 0 Å². The standard InChI is InChI=1S/C69H61NS/c1-65(2,3)44-37-52-51-40-53-59(41-62(51)71-64(52)60(38-44)66(4,5)6)68(9,10)57-32-21-33-61(63(53)57)70(46-34-35-50-47-26-14-17-29-54(47)67(7,8)58(50)39-46)45-25-20-24-43(36-45)69(42-22-12-11-13-23-42)55-30-18-15-27-48(55)49-28-16-19-31-56(49)69/h11-41H,1-10H3. The lowest BCUT2D eigenvalue weighted by Crippen LogP contribution is -2.28. The minimum atomic E-state index is -0.533. The quantitative estimate of drug-likeness (QED) is 0.166. The zero-order valence-electron chi connectivity index (χ0n) is 42.8. The molecule has 0 atom stereocenters. The third-order valence-corrected chi connectivity index (χ3v) is 18.0. The highest BCUT2D eigenvalue weighted by Gasteiger charge is 2.47. The summed E-state index contributed by atoms with van der Waals surface area (Å²) in [5.41, 5.74) is 24.0. The Morgan fingerprint density at radius 3 is 1.62 bits per heavy atom. The van der Waals surface area contributed by atoms with E-state index in [0.29, 0.717) is 0 Å². The molecule has 13 rings (SSSR count). The van der Waals surface area contributed by atoms with Crippen molar-refractivity contribution in [2.45, 2.75) is 96.3 Å². The van der Waals surface area contributed by atoms with Gasteiger partial charge in [-0.25, -0.2) is 0 Å². The van der Waals surface area contributed by atoms with Crippen LogP contribution >= 0.6 is 11.3 Å². The van der Waals surface area contributed by atoms with Gasteiger partial charge in [-0.1, -0.05) is 209 Å². The summed E-state index contributed by atoms with van der Waals surface area (Å²) in [6.45, 7) is 23.9. The molecular weight excluding hydrogens is 875 g/mol. The van der Waals surface area contributed by atoms with Gasteiger partial charge in [0.25, 0.3) is 0 Å². The van der Waals surface area contributed by atoms with Crippen molar-refractivity contribution in [2.75, 3.05) is 4.90 Å². The van der Waals surface area contributed by atoms with Gasteiger partial charge >= 0.3 is 0 Å². The summed E-state index contributed by atoms with van der Waals surface area (Å²) in [6.07, 6.45) is 0. The summed E-state index contributed by atoms with van der Waals surface area (Å²) in [5.74, 6) is 0. The van der Waals surface area contributed by atoms with Crippen LogP contribution in [-0.4, -0.2) is 0 Å². The first-order valence-corrected chi connectivity index (χ1v) is 26.4. The predicted molar refractivity (Wildman–Crippen MR) is 304 cm³/mol.